The average molecular weight is 218 g/mol. The van der Waals surface area contributed by atoms with E-state index in [0.717, 1.165) is 5.92 Å². The summed E-state index contributed by atoms with van der Waals surface area (Å²) < 4.78 is 0. The highest BCUT2D eigenvalue weighted by atomic mass is 14.0. The van der Waals surface area contributed by atoms with Crippen molar-refractivity contribution in [1.82, 2.24) is 0 Å². The molecule has 0 bridgehead atoms. The molecule has 0 heteroatoms. The van der Waals surface area contributed by atoms with E-state index in [0.29, 0.717) is 0 Å². The zero-order valence-electron chi connectivity index (χ0n) is 11.1. The van der Waals surface area contributed by atoms with E-state index < -0.39 is 0 Å². The highest BCUT2D eigenvalue weighted by Gasteiger charge is 1.98. The van der Waals surface area contributed by atoms with Gasteiger partial charge in [0.15, 0.2) is 0 Å². The molecule has 0 N–H and O–H groups in total. The third kappa shape index (κ3) is 5.34. The first-order valence-electron chi connectivity index (χ1n) is 6.80. The van der Waals surface area contributed by atoms with Crippen molar-refractivity contribution in [1.29, 1.82) is 0 Å². The molecule has 0 aliphatic carbocycles. The van der Waals surface area contributed by atoms with Crippen molar-refractivity contribution < 1.29 is 0 Å². The smallest absolute Gasteiger partial charge is 0.0276 e. The van der Waals surface area contributed by atoms with Crippen molar-refractivity contribution in [2.24, 2.45) is 5.92 Å². The molecule has 16 heavy (non-hydrogen) atoms. The van der Waals surface area contributed by atoms with Crippen LogP contribution in [0.2, 0.25) is 0 Å². The second kappa shape index (κ2) is 7.49. The summed E-state index contributed by atoms with van der Waals surface area (Å²) in [5, 5.41) is 0. The standard InChI is InChI=1S/C16H26/c1-4-5-6-7-15-10-12-16(13-11-15)9-8-14(2)3/h10-14H,4-9H2,1-3H3. The first-order valence-corrected chi connectivity index (χ1v) is 6.80. The van der Waals surface area contributed by atoms with Crippen LogP contribution in [-0.2, 0) is 12.8 Å². The van der Waals surface area contributed by atoms with Gasteiger partial charge in [-0.2, -0.15) is 0 Å². The molecule has 0 fully saturated rings. The van der Waals surface area contributed by atoms with Crippen LogP contribution in [0, 0.1) is 5.92 Å². The Bertz CT molecular complexity index is 269. The Morgan fingerprint density at radius 1 is 0.875 bits per heavy atom. The van der Waals surface area contributed by atoms with Crippen LogP contribution < -0.4 is 0 Å². The van der Waals surface area contributed by atoms with Crippen LogP contribution in [0.25, 0.3) is 0 Å². The molecule has 0 atom stereocenters. The van der Waals surface area contributed by atoms with E-state index in [2.05, 4.69) is 45.0 Å². The van der Waals surface area contributed by atoms with E-state index in [4.69, 9.17) is 0 Å². The van der Waals surface area contributed by atoms with Gasteiger partial charge in [-0.1, -0.05) is 57.9 Å². The van der Waals surface area contributed by atoms with Gasteiger partial charge in [-0.3, -0.25) is 0 Å². The molecule has 0 spiro atoms. The van der Waals surface area contributed by atoms with E-state index in [1.807, 2.05) is 0 Å². The van der Waals surface area contributed by atoms with Gasteiger partial charge < -0.3 is 0 Å². The fourth-order valence-electron chi connectivity index (χ4n) is 1.91. The topological polar surface area (TPSA) is 0 Å². The molecule has 1 aromatic carbocycles. The fourth-order valence-corrected chi connectivity index (χ4v) is 1.91. The third-order valence-corrected chi connectivity index (χ3v) is 3.10. The predicted octanol–water partition coefficient (Wildman–Crippen LogP) is 5.01. The second-order valence-electron chi connectivity index (χ2n) is 5.21. The Morgan fingerprint density at radius 3 is 1.94 bits per heavy atom. The third-order valence-electron chi connectivity index (χ3n) is 3.10. The number of benzene rings is 1. The maximum Gasteiger partial charge on any atom is -0.0276 e. The molecule has 0 heterocycles. The maximum absolute atomic E-state index is 2.31. The molecule has 0 aromatic heterocycles. The van der Waals surface area contributed by atoms with E-state index >= 15 is 0 Å². The van der Waals surface area contributed by atoms with Gasteiger partial charge in [-0.25, -0.2) is 0 Å². The molecule has 0 aliphatic rings. The normalized spacial score (nSPS) is 11.0. The Balaban J connectivity index is 2.35. The lowest BCUT2D eigenvalue weighted by molar-refractivity contribution is 0.586. The number of hydrogen-bond acceptors (Lipinski definition) is 0. The zero-order valence-corrected chi connectivity index (χ0v) is 11.1. The van der Waals surface area contributed by atoms with Gasteiger partial charge in [-0.05, 0) is 42.7 Å². The van der Waals surface area contributed by atoms with Gasteiger partial charge in [0.1, 0.15) is 0 Å². The zero-order chi connectivity index (χ0) is 11.8. The summed E-state index contributed by atoms with van der Waals surface area (Å²) in [6.45, 7) is 6.84. The molecule has 0 nitrogen and oxygen atoms in total. The molecule has 90 valence electrons. The van der Waals surface area contributed by atoms with Gasteiger partial charge in [-0.15, -0.1) is 0 Å². The van der Waals surface area contributed by atoms with Crippen LogP contribution in [0.15, 0.2) is 24.3 Å². The lowest BCUT2D eigenvalue weighted by Crippen LogP contribution is -1.93. The number of hydrogen-bond donors (Lipinski definition) is 0. The molecule has 0 saturated heterocycles. The van der Waals surface area contributed by atoms with Crippen LogP contribution in [0.5, 0.6) is 0 Å². The van der Waals surface area contributed by atoms with Crippen LogP contribution in [0.3, 0.4) is 0 Å². The number of rotatable bonds is 7. The summed E-state index contributed by atoms with van der Waals surface area (Å²) in [7, 11) is 0. The Hall–Kier alpha value is -0.780. The van der Waals surface area contributed by atoms with Crippen molar-refractivity contribution in [2.75, 3.05) is 0 Å². The largest absolute Gasteiger partial charge is 0.0654 e. The molecule has 0 unspecified atom stereocenters. The molecular weight excluding hydrogens is 192 g/mol. The first kappa shape index (κ1) is 13.3. The fraction of sp³-hybridized carbons (Fsp3) is 0.625. The van der Waals surface area contributed by atoms with E-state index in [9.17, 15) is 0 Å². The van der Waals surface area contributed by atoms with Crippen LogP contribution in [-0.4, -0.2) is 0 Å². The van der Waals surface area contributed by atoms with Crippen molar-refractivity contribution in [2.45, 2.75) is 59.3 Å². The number of aryl methyl sites for hydroxylation is 2. The summed E-state index contributed by atoms with van der Waals surface area (Å²) in [5.41, 5.74) is 3.00. The Labute approximate surface area is 101 Å². The highest BCUT2D eigenvalue weighted by Crippen LogP contribution is 2.12. The minimum Gasteiger partial charge on any atom is -0.0654 e. The Kier molecular flexibility index (Phi) is 6.22. The second-order valence-corrected chi connectivity index (χ2v) is 5.21. The lowest BCUT2D eigenvalue weighted by Gasteiger charge is -2.06. The van der Waals surface area contributed by atoms with Gasteiger partial charge in [0.25, 0.3) is 0 Å². The minimum atomic E-state index is 0.809. The van der Waals surface area contributed by atoms with Crippen molar-refractivity contribution in [3.05, 3.63) is 35.4 Å². The lowest BCUT2D eigenvalue weighted by atomic mass is 10.0. The predicted molar refractivity (Wildman–Crippen MR) is 72.8 cm³/mol. The maximum atomic E-state index is 2.31. The molecule has 0 amide bonds. The first-order chi connectivity index (χ1) is 7.72. The van der Waals surface area contributed by atoms with Crippen LogP contribution in [0.1, 0.15) is 57.6 Å². The highest BCUT2D eigenvalue weighted by molar-refractivity contribution is 5.22. The Morgan fingerprint density at radius 2 is 1.44 bits per heavy atom. The molecule has 0 aliphatic heterocycles. The summed E-state index contributed by atoms with van der Waals surface area (Å²) >= 11 is 0. The van der Waals surface area contributed by atoms with Crippen LogP contribution >= 0.6 is 0 Å². The number of unbranched alkanes of at least 4 members (excludes halogenated alkanes) is 2. The summed E-state index contributed by atoms with van der Waals surface area (Å²) in [5.74, 6) is 0.809. The molecular formula is C16H26. The molecule has 0 saturated carbocycles. The van der Waals surface area contributed by atoms with Gasteiger partial charge in [0.05, 0.1) is 0 Å². The van der Waals surface area contributed by atoms with Gasteiger partial charge >= 0.3 is 0 Å². The summed E-state index contributed by atoms with van der Waals surface area (Å²) in [4.78, 5) is 0. The van der Waals surface area contributed by atoms with E-state index in [-0.39, 0.29) is 0 Å². The van der Waals surface area contributed by atoms with Gasteiger partial charge in [0.2, 0.25) is 0 Å². The van der Waals surface area contributed by atoms with Crippen molar-refractivity contribution in [3.8, 4) is 0 Å². The minimum absolute atomic E-state index is 0.809. The van der Waals surface area contributed by atoms with E-state index in [1.54, 1.807) is 0 Å². The molecule has 0 radical (unpaired) electrons. The summed E-state index contributed by atoms with van der Waals surface area (Å²) in [6, 6.07) is 9.24. The van der Waals surface area contributed by atoms with Gasteiger partial charge in [0, 0.05) is 0 Å². The monoisotopic (exact) mass is 218 g/mol. The average Bonchev–Trinajstić information content (AvgIpc) is 2.28. The SMILES string of the molecule is CCCCCc1ccc(CCC(C)C)cc1. The molecule has 1 rings (SSSR count). The summed E-state index contributed by atoms with van der Waals surface area (Å²) in [6.07, 6.45) is 7.78. The van der Waals surface area contributed by atoms with Crippen LogP contribution in [0.4, 0.5) is 0 Å². The van der Waals surface area contributed by atoms with Crippen molar-refractivity contribution >= 4 is 0 Å². The van der Waals surface area contributed by atoms with E-state index in [1.165, 1.54) is 49.7 Å². The van der Waals surface area contributed by atoms with Crippen molar-refractivity contribution in [3.63, 3.8) is 0 Å². The quantitative estimate of drug-likeness (QED) is 0.564. The molecule has 1 aromatic rings.